The molecule has 0 saturated heterocycles. The number of nitrogens with zero attached hydrogens (tertiary/aromatic N) is 2. The standard InChI is InChI=1S/C23H34N2.H2O/c1-2-25(23-12-19-6-20(13-23)8-21(7-19)14-23)15-24(1)22-9-16-3-17(10-22)5-18(4-16)11-22;/h1-2,16-21H,3-15H2;1H2. The Labute approximate surface area is 158 Å². The molecule has 1 aliphatic heterocycles. The Morgan fingerprint density at radius 2 is 0.769 bits per heavy atom. The van der Waals surface area contributed by atoms with E-state index in [1.807, 2.05) is 0 Å². The van der Waals surface area contributed by atoms with Crippen LogP contribution in [-0.4, -0.2) is 33.0 Å². The molecule has 3 nitrogen and oxygen atoms in total. The van der Waals surface area contributed by atoms with Gasteiger partial charge in [0.05, 0.1) is 6.67 Å². The highest BCUT2D eigenvalue weighted by Gasteiger charge is 2.57. The molecule has 8 aliphatic carbocycles. The zero-order valence-corrected chi connectivity index (χ0v) is 16.2. The van der Waals surface area contributed by atoms with E-state index in [-0.39, 0.29) is 5.48 Å². The van der Waals surface area contributed by atoms with E-state index >= 15 is 0 Å². The summed E-state index contributed by atoms with van der Waals surface area (Å²) in [5.74, 6) is 6.38. The van der Waals surface area contributed by atoms with E-state index in [1.165, 1.54) is 45.2 Å². The predicted octanol–water partition coefficient (Wildman–Crippen LogP) is 4.15. The number of hydrogen-bond donors (Lipinski definition) is 0. The molecule has 1 heterocycles. The van der Waals surface area contributed by atoms with Gasteiger partial charge in [0.25, 0.3) is 0 Å². The van der Waals surface area contributed by atoms with Gasteiger partial charge in [-0.05, 0) is 113 Å². The number of hydrogen-bond acceptors (Lipinski definition) is 2. The Morgan fingerprint density at radius 3 is 1.04 bits per heavy atom. The first-order valence-electron chi connectivity index (χ1n) is 11.4. The molecule has 0 radical (unpaired) electrons. The maximum absolute atomic E-state index is 2.86. The quantitative estimate of drug-likeness (QED) is 0.745. The zero-order chi connectivity index (χ0) is 16.2. The van der Waals surface area contributed by atoms with Crippen molar-refractivity contribution in [2.75, 3.05) is 6.67 Å². The van der Waals surface area contributed by atoms with Crippen molar-refractivity contribution >= 4 is 0 Å². The lowest BCUT2D eigenvalue weighted by Crippen LogP contribution is -2.62. The molecule has 0 spiro atoms. The fourth-order valence-electron chi connectivity index (χ4n) is 9.87. The summed E-state index contributed by atoms with van der Waals surface area (Å²) in [6.07, 6.45) is 23.6. The van der Waals surface area contributed by atoms with Gasteiger partial charge in [0.2, 0.25) is 0 Å². The van der Waals surface area contributed by atoms with Crippen LogP contribution in [0, 0.1) is 35.5 Å². The van der Waals surface area contributed by atoms with Gasteiger partial charge in [0, 0.05) is 23.5 Å². The lowest BCUT2D eigenvalue weighted by molar-refractivity contribution is -0.105. The van der Waals surface area contributed by atoms with Gasteiger partial charge in [-0.1, -0.05) is 0 Å². The first kappa shape index (κ1) is 16.3. The zero-order valence-electron chi connectivity index (χ0n) is 16.2. The topological polar surface area (TPSA) is 38.0 Å². The summed E-state index contributed by atoms with van der Waals surface area (Å²) in [6, 6.07) is 0. The average Bonchev–Trinajstić information content (AvgIpc) is 3.04. The van der Waals surface area contributed by atoms with Crippen LogP contribution < -0.4 is 0 Å². The van der Waals surface area contributed by atoms with Crippen LogP contribution in [-0.2, 0) is 0 Å². The van der Waals surface area contributed by atoms with Crippen molar-refractivity contribution in [3.05, 3.63) is 12.4 Å². The second-order valence-corrected chi connectivity index (χ2v) is 11.7. The molecule has 3 heteroatoms. The van der Waals surface area contributed by atoms with Crippen LogP contribution in [0.1, 0.15) is 77.0 Å². The minimum absolute atomic E-state index is 0. The van der Waals surface area contributed by atoms with Gasteiger partial charge in [-0.3, -0.25) is 0 Å². The molecule has 8 bridgehead atoms. The maximum Gasteiger partial charge on any atom is 0.0904 e. The van der Waals surface area contributed by atoms with Gasteiger partial charge in [0.1, 0.15) is 0 Å². The van der Waals surface area contributed by atoms with Crippen molar-refractivity contribution < 1.29 is 5.48 Å². The molecule has 0 atom stereocenters. The molecule has 144 valence electrons. The summed E-state index contributed by atoms with van der Waals surface area (Å²) >= 11 is 0. The van der Waals surface area contributed by atoms with E-state index < -0.39 is 0 Å². The van der Waals surface area contributed by atoms with Gasteiger partial charge < -0.3 is 15.3 Å². The van der Waals surface area contributed by atoms with E-state index in [1.54, 1.807) is 38.5 Å². The fraction of sp³-hybridized carbons (Fsp3) is 0.913. The Hall–Kier alpha value is -0.700. The number of rotatable bonds is 2. The summed E-state index contributed by atoms with van der Waals surface area (Å²) in [6.45, 7) is 1.23. The summed E-state index contributed by atoms with van der Waals surface area (Å²) < 4.78 is 0. The minimum Gasteiger partial charge on any atom is -0.412 e. The molecule has 0 aromatic rings. The second kappa shape index (κ2) is 5.21. The summed E-state index contributed by atoms with van der Waals surface area (Å²) in [4.78, 5) is 5.71. The Morgan fingerprint density at radius 1 is 0.500 bits per heavy atom. The molecule has 8 saturated carbocycles. The van der Waals surface area contributed by atoms with E-state index in [2.05, 4.69) is 22.2 Å². The third-order valence-corrected chi connectivity index (χ3v) is 9.96. The fourth-order valence-corrected chi connectivity index (χ4v) is 9.87. The van der Waals surface area contributed by atoms with Gasteiger partial charge in [-0.25, -0.2) is 0 Å². The highest BCUT2D eigenvalue weighted by Crippen LogP contribution is 2.61. The molecule has 9 aliphatic rings. The van der Waals surface area contributed by atoms with Crippen LogP contribution in [0.3, 0.4) is 0 Å². The SMILES string of the molecule is C1=CN(C23CC4CC(CC(C4)C2)C3)CN1C12CC3CC(CC(C3)C1)C2.O. The van der Waals surface area contributed by atoms with Crippen LogP contribution in [0.5, 0.6) is 0 Å². The van der Waals surface area contributed by atoms with Gasteiger partial charge in [0.15, 0.2) is 0 Å². The Bertz CT molecular complexity index is 503. The van der Waals surface area contributed by atoms with Crippen LogP contribution >= 0.6 is 0 Å². The van der Waals surface area contributed by atoms with Crippen molar-refractivity contribution in [2.24, 2.45) is 35.5 Å². The lowest BCUT2D eigenvalue weighted by Gasteiger charge is -2.62. The van der Waals surface area contributed by atoms with Crippen molar-refractivity contribution in [1.29, 1.82) is 0 Å². The van der Waals surface area contributed by atoms with Crippen molar-refractivity contribution in [2.45, 2.75) is 88.1 Å². The van der Waals surface area contributed by atoms with E-state index in [0.29, 0.717) is 11.1 Å². The molecule has 9 rings (SSSR count). The molecule has 0 amide bonds. The van der Waals surface area contributed by atoms with Crippen molar-refractivity contribution in [3.8, 4) is 0 Å². The highest BCUT2D eigenvalue weighted by molar-refractivity contribution is 5.16. The second-order valence-electron chi connectivity index (χ2n) is 11.7. The van der Waals surface area contributed by atoms with Gasteiger partial charge >= 0.3 is 0 Å². The van der Waals surface area contributed by atoms with E-state index in [9.17, 15) is 0 Å². The molecule has 0 unspecified atom stereocenters. The molecule has 8 fully saturated rings. The van der Waals surface area contributed by atoms with Crippen molar-refractivity contribution in [1.82, 2.24) is 9.80 Å². The predicted molar refractivity (Wildman–Crippen MR) is 103 cm³/mol. The molecular weight excluding hydrogens is 320 g/mol. The normalized spacial score (nSPS) is 55.7. The van der Waals surface area contributed by atoms with Crippen LogP contribution in [0.25, 0.3) is 0 Å². The molecule has 26 heavy (non-hydrogen) atoms. The van der Waals surface area contributed by atoms with Crippen molar-refractivity contribution in [3.63, 3.8) is 0 Å². The van der Waals surface area contributed by atoms with Crippen LogP contribution in [0.15, 0.2) is 12.4 Å². The largest absolute Gasteiger partial charge is 0.412 e. The molecule has 0 aromatic carbocycles. The first-order valence-corrected chi connectivity index (χ1v) is 11.4. The average molecular weight is 357 g/mol. The van der Waals surface area contributed by atoms with Crippen LogP contribution in [0.4, 0.5) is 0 Å². The summed E-state index contributed by atoms with van der Waals surface area (Å²) in [5.41, 5.74) is 1.12. The molecule has 0 aromatic heterocycles. The maximum atomic E-state index is 2.86. The Balaban J connectivity index is 0.00000137. The smallest absolute Gasteiger partial charge is 0.0904 e. The summed E-state index contributed by atoms with van der Waals surface area (Å²) in [7, 11) is 0. The first-order chi connectivity index (χ1) is 12.2. The monoisotopic (exact) mass is 356 g/mol. The Kier molecular flexibility index (Phi) is 3.26. The lowest BCUT2D eigenvalue weighted by atomic mass is 9.52. The highest BCUT2D eigenvalue weighted by atomic mass is 16.0. The van der Waals surface area contributed by atoms with E-state index in [4.69, 9.17) is 0 Å². The van der Waals surface area contributed by atoms with E-state index in [0.717, 1.165) is 35.5 Å². The summed E-state index contributed by atoms with van der Waals surface area (Å²) in [5, 5.41) is 0. The van der Waals surface area contributed by atoms with Crippen LogP contribution in [0.2, 0.25) is 0 Å². The minimum atomic E-state index is 0. The molecular formula is C23H36N2O. The van der Waals surface area contributed by atoms with Gasteiger partial charge in [-0.2, -0.15) is 0 Å². The van der Waals surface area contributed by atoms with Gasteiger partial charge in [-0.15, -0.1) is 0 Å². The molecule has 2 N–H and O–H groups in total. The third-order valence-electron chi connectivity index (χ3n) is 9.96. The third kappa shape index (κ3) is 2.10.